The highest BCUT2D eigenvalue weighted by atomic mass is 35.5. The van der Waals surface area contributed by atoms with E-state index in [9.17, 15) is 8.42 Å². The summed E-state index contributed by atoms with van der Waals surface area (Å²) in [5.74, 6) is 0.381. The topological polar surface area (TPSA) is 86.2 Å². The first-order chi connectivity index (χ1) is 9.84. The number of sulfone groups is 1. The van der Waals surface area contributed by atoms with Gasteiger partial charge in [0.1, 0.15) is 5.52 Å². The maximum absolute atomic E-state index is 11.4. The number of rotatable bonds is 2. The molecule has 0 amide bonds. The molecular weight excluding hydrogens is 312 g/mol. The van der Waals surface area contributed by atoms with Crippen molar-refractivity contribution >= 4 is 38.2 Å². The van der Waals surface area contributed by atoms with Gasteiger partial charge < -0.3 is 10.2 Å². The zero-order valence-electron chi connectivity index (χ0n) is 11.0. The van der Waals surface area contributed by atoms with Crippen molar-refractivity contribution in [3.8, 4) is 11.5 Å². The van der Waals surface area contributed by atoms with Crippen LogP contribution in [0.1, 0.15) is 0 Å². The molecule has 1 aromatic heterocycles. The second-order valence-corrected chi connectivity index (χ2v) is 7.08. The summed E-state index contributed by atoms with van der Waals surface area (Å²) in [7, 11) is -3.22. The number of oxazole rings is 1. The molecule has 3 aromatic rings. The molecule has 0 saturated heterocycles. The van der Waals surface area contributed by atoms with E-state index in [2.05, 4.69) is 4.98 Å². The van der Waals surface area contributed by atoms with Gasteiger partial charge in [-0.25, -0.2) is 13.4 Å². The Labute approximate surface area is 126 Å². The second kappa shape index (κ2) is 4.75. The van der Waals surface area contributed by atoms with E-state index in [-0.39, 0.29) is 4.90 Å². The van der Waals surface area contributed by atoms with Gasteiger partial charge in [-0.2, -0.15) is 0 Å². The summed E-state index contributed by atoms with van der Waals surface area (Å²) in [5, 5.41) is 0.412. The number of nitrogens with two attached hydrogens (primary N) is 1. The van der Waals surface area contributed by atoms with Gasteiger partial charge in [0.25, 0.3) is 0 Å². The number of benzene rings is 2. The van der Waals surface area contributed by atoms with E-state index >= 15 is 0 Å². The molecule has 0 spiro atoms. The highest BCUT2D eigenvalue weighted by Gasteiger charge is 2.12. The van der Waals surface area contributed by atoms with Crippen LogP contribution in [0.4, 0.5) is 5.69 Å². The number of aromatic nitrogens is 1. The maximum atomic E-state index is 11.4. The molecule has 0 aliphatic carbocycles. The summed E-state index contributed by atoms with van der Waals surface area (Å²) in [4.78, 5) is 4.57. The molecule has 0 aliphatic heterocycles. The van der Waals surface area contributed by atoms with E-state index in [1.807, 2.05) is 0 Å². The third-order valence-electron chi connectivity index (χ3n) is 3.04. The number of nitrogen functional groups attached to an aromatic ring is 1. The fourth-order valence-electron chi connectivity index (χ4n) is 1.93. The smallest absolute Gasteiger partial charge is 0.227 e. The normalized spacial score (nSPS) is 11.9. The summed E-state index contributed by atoms with van der Waals surface area (Å²) in [5.41, 5.74) is 7.93. The first-order valence-electron chi connectivity index (χ1n) is 6.00. The van der Waals surface area contributed by atoms with E-state index in [4.69, 9.17) is 21.8 Å². The van der Waals surface area contributed by atoms with Gasteiger partial charge in [0.15, 0.2) is 15.4 Å². The van der Waals surface area contributed by atoms with Gasteiger partial charge in [0.2, 0.25) is 5.89 Å². The molecule has 21 heavy (non-hydrogen) atoms. The minimum Gasteiger partial charge on any atom is -0.436 e. The van der Waals surface area contributed by atoms with Crippen LogP contribution in [0.15, 0.2) is 45.7 Å². The summed E-state index contributed by atoms with van der Waals surface area (Å²) < 4.78 is 28.5. The Morgan fingerprint density at radius 3 is 2.48 bits per heavy atom. The van der Waals surface area contributed by atoms with Gasteiger partial charge in [-0.15, -0.1) is 0 Å². The van der Waals surface area contributed by atoms with Gasteiger partial charge in [-0.3, -0.25) is 0 Å². The number of anilines is 1. The quantitative estimate of drug-likeness (QED) is 0.732. The Bertz CT molecular complexity index is 892. The average molecular weight is 323 g/mol. The zero-order valence-corrected chi connectivity index (χ0v) is 12.6. The molecule has 2 aromatic carbocycles. The first kappa shape index (κ1) is 13.9. The van der Waals surface area contributed by atoms with Crippen LogP contribution in [0.3, 0.4) is 0 Å². The largest absolute Gasteiger partial charge is 0.436 e. The van der Waals surface area contributed by atoms with Crippen LogP contribution >= 0.6 is 11.6 Å². The van der Waals surface area contributed by atoms with Gasteiger partial charge in [-0.05, 0) is 30.3 Å². The second-order valence-electron chi connectivity index (χ2n) is 4.66. The van der Waals surface area contributed by atoms with Crippen LogP contribution in [-0.2, 0) is 9.84 Å². The lowest BCUT2D eigenvalue weighted by molar-refractivity contribution is 0.601. The molecule has 0 atom stereocenters. The number of halogens is 1. The molecule has 108 valence electrons. The third kappa shape index (κ3) is 2.59. The van der Waals surface area contributed by atoms with E-state index in [0.717, 1.165) is 6.26 Å². The Morgan fingerprint density at radius 1 is 1.19 bits per heavy atom. The van der Waals surface area contributed by atoms with Crippen molar-refractivity contribution in [3.05, 3.63) is 41.4 Å². The fourth-order valence-corrected chi connectivity index (χ4v) is 2.72. The van der Waals surface area contributed by atoms with Crippen LogP contribution in [0, 0.1) is 0 Å². The van der Waals surface area contributed by atoms with Crippen LogP contribution < -0.4 is 5.73 Å². The number of hydrogen-bond acceptors (Lipinski definition) is 5. The minimum absolute atomic E-state index is 0.245. The van der Waals surface area contributed by atoms with Crippen LogP contribution in [0.25, 0.3) is 22.6 Å². The molecule has 0 fully saturated rings. The molecule has 1 heterocycles. The Balaban J connectivity index is 2.08. The van der Waals surface area contributed by atoms with Crippen molar-refractivity contribution in [2.24, 2.45) is 0 Å². The van der Waals surface area contributed by atoms with E-state index in [0.29, 0.717) is 33.3 Å². The summed E-state index contributed by atoms with van der Waals surface area (Å²) in [6.07, 6.45) is 1.16. The van der Waals surface area contributed by atoms with Crippen molar-refractivity contribution in [2.45, 2.75) is 4.90 Å². The van der Waals surface area contributed by atoms with Crippen LogP contribution in [0.2, 0.25) is 5.02 Å². The monoisotopic (exact) mass is 322 g/mol. The molecule has 0 saturated carbocycles. The lowest BCUT2D eigenvalue weighted by atomic mass is 10.2. The average Bonchev–Trinajstić information content (AvgIpc) is 2.81. The molecule has 0 bridgehead atoms. The van der Waals surface area contributed by atoms with Gasteiger partial charge in [0, 0.05) is 17.9 Å². The van der Waals surface area contributed by atoms with Crippen LogP contribution in [-0.4, -0.2) is 19.7 Å². The molecule has 5 nitrogen and oxygen atoms in total. The Kier molecular flexibility index (Phi) is 3.15. The summed E-state index contributed by atoms with van der Waals surface area (Å²) in [6, 6.07) is 9.56. The van der Waals surface area contributed by atoms with E-state index in [1.54, 1.807) is 24.3 Å². The Morgan fingerprint density at radius 2 is 1.86 bits per heavy atom. The predicted octanol–water partition coefficient (Wildman–Crippen LogP) is 3.13. The summed E-state index contributed by atoms with van der Waals surface area (Å²) >= 11 is 5.94. The SMILES string of the molecule is CS(=O)(=O)c1ccc(-c2nc3cc(Cl)c(N)cc3o2)cc1. The first-order valence-corrected chi connectivity index (χ1v) is 8.27. The number of fused-ring (bicyclic) bond motifs is 1. The minimum atomic E-state index is -3.22. The highest BCUT2D eigenvalue weighted by molar-refractivity contribution is 7.90. The van der Waals surface area contributed by atoms with Gasteiger partial charge in [-0.1, -0.05) is 11.6 Å². The molecular formula is C14H11ClN2O3S. The maximum Gasteiger partial charge on any atom is 0.227 e. The number of hydrogen-bond donors (Lipinski definition) is 1. The molecule has 3 rings (SSSR count). The zero-order chi connectivity index (χ0) is 15.2. The molecule has 0 aliphatic rings. The van der Waals surface area contributed by atoms with E-state index in [1.165, 1.54) is 12.1 Å². The molecule has 7 heteroatoms. The standard InChI is InChI=1S/C14H11ClN2O3S/c1-21(18,19)9-4-2-8(3-5-9)14-17-12-6-10(15)11(16)7-13(12)20-14/h2-7H,16H2,1H3. The van der Waals surface area contributed by atoms with Crippen LogP contribution in [0.5, 0.6) is 0 Å². The Hall–Kier alpha value is -2.05. The van der Waals surface area contributed by atoms with Crippen molar-refractivity contribution in [1.82, 2.24) is 4.98 Å². The van der Waals surface area contributed by atoms with Crippen molar-refractivity contribution in [2.75, 3.05) is 12.0 Å². The summed E-state index contributed by atoms with van der Waals surface area (Å²) in [6.45, 7) is 0. The van der Waals surface area contributed by atoms with E-state index < -0.39 is 9.84 Å². The third-order valence-corrected chi connectivity index (χ3v) is 4.49. The fraction of sp³-hybridized carbons (Fsp3) is 0.0714. The molecule has 2 N–H and O–H groups in total. The predicted molar refractivity (Wildman–Crippen MR) is 82.0 cm³/mol. The van der Waals surface area contributed by atoms with Crippen molar-refractivity contribution < 1.29 is 12.8 Å². The van der Waals surface area contributed by atoms with Gasteiger partial charge >= 0.3 is 0 Å². The lowest BCUT2D eigenvalue weighted by Gasteiger charge is -1.99. The molecule has 0 unspecified atom stereocenters. The molecule has 0 radical (unpaired) electrons. The number of nitrogens with zero attached hydrogens (tertiary/aromatic N) is 1. The lowest BCUT2D eigenvalue weighted by Crippen LogP contribution is -1.96. The van der Waals surface area contributed by atoms with Crippen molar-refractivity contribution in [3.63, 3.8) is 0 Å². The highest BCUT2D eigenvalue weighted by Crippen LogP contribution is 2.30. The van der Waals surface area contributed by atoms with Crippen molar-refractivity contribution in [1.29, 1.82) is 0 Å². The van der Waals surface area contributed by atoms with Gasteiger partial charge in [0.05, 0.1) is 15.6 Å².